The van der Waals surface area contributed by atoms with Gasteiger partial charge in [-0.2, -0.15) is 0 Å². The van der Waals surface area contributed by atoms with E-state index in [0.29, 0.717) is 23.8 Å². The van der Waals surface area contributed by atoms with Gasteiger partial charge in [0.2, 0.25) is 5.89 Å². The lowest BCUT2D eigenvalue weighted by Gasteiger charge is -2.25. The van der Waals surface area contributed by atoms with E-state index in [1.165, 1.54) is 5.56 Å². The van der Waals surface area contributed by atoms with Crippen molar-refractivity contribution < 1.29 is 12.8 Å². The highest BCUT2D eigenvalue weighted by molar-refractivity contribution is 7.91. The van der Waals surface area contributed by atoms with E-state index in [2.05, 4.69) is 42.9 Å². The van der Waals surface area contributed by atoms with Crippen molar-refractivity contribution >= 4 is 22.1 Å². The molecule has 6 nitrogen and oxygen atoms in total. The molecule has 1 aliphatic heterocycles. The van der Waals surface area contributed by atoms with Gasteiger partial charge in [-0.3, -0.25) is 4.90 Å². The van der Waals surface area contributed by atoms with Crippen molar-refractivity contribution in [1.29, 1.82) is 0 Å². The molecule has 148 valence electrons. The molecule has 1 atom stereocenters. The normalized spacial score (nSPS) is 19.7. The molecule has 3 rings (SSSR count). The summed E-state index contributed by atoms with van der Waals surface area (Å²) >= 11 is 5.33. The number of sulfone groups is 1. The van der Waals surface area contributed by atoms with Crippen LogP contribution in [0.4, 0.5) is 0 Å². The molecule has 0 amide bonds. The van der Waals surface area contributed by atoms with E-state index in [1.54, 1.807) is 4.68 Å². The highest BCUT2D eigenvalue weighted by Gasteiger charge is 2.32. The van der Waals surface area contributed by atoms with Crippen molar-refractivity contribution in [1.82, 2.24) is 14.7 Å². The van der Waals surface area contributed by atoms with Gasteiger partial charge in [-0.05, 0) is 48.3 Å². The van der Waals surface area contributed by atoms with E-state index in [0.717, 1.165) is 12.1 Å². The molecule has 1 aromatic heterocycles. The number of benzene rings is 1. The van der Waals surface area contributed by atoms with Crippen LogP contribution >= 0.6 is 12.2 Å². The van der Waals surface area contributed by atoms with Crippen LogP contribution in [0.2, 0.25) is 0 Å². The Labute approximate surface area is 166 Å². The van der Waals surface area contributed by atoms with Gasteiger partial charge in [-0.25, -0.2) is 13.1 Å². The largest absolute Gasteiger partial charge is 0.409 e. The predicted molar refractivity (Wildman–Crippen MR) is 109 cm³/mol. The Morgan fingerprint density at radius 1 is 1.30 bits per heavy atom. The molecule has 1 aromatic carbocycles. The maximum atomic E-state index is 11.8. The summed E-state index contributed by atoms with van der Waals surface area (Å²) in [5.74, 6) is 0.937. The van der Waals surface area contributed by atoms with E-state index in [-0.39, 0.29) is 23.0 Å². The summed E-state index contributed by atoms with van der Waals surface area (Å²) in [4.78, 5) is 2.39. The van der Waals surface area contributed by atoms with Crippen LogP contribution in [-0.2, 0) is 21.9 Å². The number of hydrogen-bond acceptors (Lipinski definition) is 6. The first-order valence-electron chi connectivity index (χ1n) is 9.22. The van der Waals surface area contributed by atoms with Crippen LogP contribution in [0, 0.1) is 4.84 Å². The first kappa shape index (κ1) is 20.2. The van der Waals surface area contributed by atoms with E-state index < -0.39 is 9.84 Å². The standard InChI is InChI=1S/C19H27N3O3S2/c1-5-21(16-10-11-27(23,24)12-16)13-22-18(26)25-17(20-22)14-6-8-15(9-7-14)19(2,3)4/h6-9,16H,5,10-13H2,1-4H3/t16-/m0/s1. The second-order valence-electron chi connectivity index (χ2n) is 8.10. The van der Waals surface area contributed by atoms with E-state index >= 15 is 0 Å². The van der Waals surface area contributed by atoms with Gasteiger partial charge < -0.3 is 4.42 Å². The lowest BCUT2D eigenvalue weighted by Crippen LogP contribution is -2.37. The minimum absolute atomic E-state index is 0.00752. The fraction of sp³-hybridized carbons (Fsp3) is 0.579. The fourth-order valence-corrected chi connectivity index (χ4v) is 5.27. The third-order valence-corrected chi connectivity index (χ3v) is 7.10. The summed E-state index contributed by atoms with van der Waals surface area (Å²) in [5.41, 5.74) is 2.20. The molecule has 0 unspecified atom stereocenters. The summed E-state index contributed by atoms with van der Waals surface area (Å²) in [6.45, 7) is 9.69. The molecule has 0 N–H and O–H groups in total. The summed E-state index contributed by atoms with van der Waals surface area (Å²) in [5, 5.41) is 4.52. The van der Waals surface area contributed by atoms with Gasteiger partial charge in [0, 0.05) is 11.6 Å². The van der Waals surface area contributed by atoms with E-state index in [1.807, 2.05) is 19.1 Å². The van der Waals surface area contributed by atoms with E-state index in [9.17, 15) is 8.42 Å². The Morgan fingerprint density at radius 3 is 2.48 bits per heavy atom. The highest BCUT2D eigenvalue weighted by Crippen LogP contribution is 2.26. The molecule has 2 heterocycles. The summed E-state index contributed by atoms with van der Waals surface area (Å²) in [6, 6.07) is 8.15. The summed E-state index contributed by atoms with van der Waals surface area (Å²) in [7, 11) is -2.93. The number of rotatable bonds is 5. The van der Waals surface area contributed by atoms with Gasteiger partial charge in [0.05, 0.1) is 18.2 Å². The van der Waals surface area contributed by atoms with Gasteiger partial charge in [0.1, 0.15) is 0 Å². The van der Waals surface area contributed by atoms with Crippen LogP contribution < -0.4 is 0 Å². The van der Waals surface area contributed by atoms with Crippen molar-refractivity contribution in [2.75, 3.05) is 18.1 Å². The predicted octanol–water partition coefficient (Wildman–Crippen LogP) is 3.64. The summed E-state index contributed by atoms with van der Waals surface area (Å²) < 4.78 is 30.9. The minimum atomic E-state index is -2.93. The SMILES string of the molecule is CCN(Cn1nc(-c2ccc(C(C)(C)C)cc2)oc1=S)[C@H]1CCS(=O)(=O)C1. The molecule has 2 aromatic rings. The Bertz CT molecular complexity index is 953. The van der Waals surface area contributed by atoms with Gasteiger partial charge >= 0.3 is 0 Å². The average Bonchev–Trinajstić information content (AvgIpc) is 3.14. The molecule has 27 heavy (non-hydrogen) atoms. The monoisotopic (exact) mass is 409 g/mol. The minimum Gasteiger partial charge on any atom is -0.409 e. The smallest absolute Gasteiger partial charge is 0.288 e. The number of hydrogen-bond donors (Lipinski definition) is 0. The molecular formula is C19H27N3O3S2. The molecule has 0 spiro atoms. The van der Waals surface area contributed by atoms with Crippen LogP contribution in [-0.4, -0.2) is 47.2 Å². The van der Waals surface area contributed by atoms with Crippen molar-refractivity contribution in [2.24, 2.45) is 0 Å². The third-order valence-electron chi connectivity index (χ3n) is 5.05. The second kappa shape index (κ2) is 7.48. The third kappa shape index (κ3) is 4.67. The van der Waals surface area contributed by atoms with Gasteiger partial charge in [-0.1, -0.05) is 39.8 Å². The van der Waals surface area contributed by atoms with Crippen molar-refractivity contribution in [3.63, 3.8) is 0 Å². The zero-order chi connectivity index (χ0) is 19.8. The van der Waals surface area contributed by atoms with Gasteiger partial charge in [0.25, 0.3) is 4.84 Å². The van der Waals surface area contributed by atoms with Crippen LogP contribution in [0.5, 0.6) is 0 Å². The van der Waals surface area contributed by atoms with Crippen LogP contribution in [0.15, 0.2) is 28.7 Å². The van der Waals surface area contributed by atoms with Gasteiger partial charge in [0.15, 0.2) is 9.84 Å². The molecular weight excluding hydrogens is 382 g/mol. The molecule has 0 saturated carbocycles. The van der Waals surface area contributed by atoms with E-state index in [4.69, 9.17) is 16.6 Å². The number of nitrogens with zero attached hydrogens (tertiary/aromatic N) is 3. The fourth-order valence-electron chi connectivity index (χ4n) is 3.33. The zero-order valence-electron chi connectivity index (χ0n) is 16.3. The summed E-state index contributed by atoms with van der Waals surface area (Å²) in [6.07, 6.45) is 0.655. The molecule has 0 aliphatic carbocycles. The number of aromatic nitrogens is 2. The lowest BCUT2D eigenvalue weighted by molar-refractivity contribution is 0.162. The Balaban J connectivity index is 1.79. The van der Waals surface area contributed by atoms with Crippen molar-refractivity contribution in [2.45, 2.75) is 52.2 Å². The first-order chi connectivity index (χ1) is 12.6. The molecule has 8 heteroatoms. The molecule has 1 fully saturated rings. The maximum Gasteiger partial charge on any atom is 0.288 e. The highest BCUT2D eigenvalue weighted by atomic mass is 32.2. The van der Waals surface area contributed by atoms with Gasteiger partial charge in [-0.15, -0.1) is 5.10 Å². The lowest BCUT2D eigenvalue weighted by atomic mass is 9.87. The average molecular weight is 410 g/mol. The Morgan fingerprint density at radius 2 is 1.96 bits per heavy atom. The first-order valence-corrected chi connectivity index (χ1v) is 11.5. The quantitative estimate of drug-likeness (QED) is 0.703. The van der Waals surface area contributed by atoms with Crippen LogP contribution in [0.3, 0.4) is 0 Å². The Kier molecular flexibility index (Phi) is 5.61. The zero-order valence-corrected chi connectivity index (χ0v) is 17.9. The molecule has 0 bridgehead atoms. The Hall–Kier alpha value is -1.51. The molecule has 1 aliphatic rings. The molecule has 0 radical (unpaired) electrons. The maximum absolute atomic E-state index is 11.8. The van der Waals surface area contributed by atoms with Crippen LogP contribution in [0.1, 0.15) is 39.7 Å². The molecule has 1 saturated heterocycles. The second-order valence-corrected chi connectivity index (χ2v) is 10.7. The van der Waals surface area contributed by atoms with Crippen molar-refractivity contribution in [3.8, 4) is 11.5 Å². The topological polar surface area (TPSA) is 68.3 Å². The van der Waals surface area contributed by atoms with Crippen LogP contribution in [0.25, 0.3) is 11.5 Å². The van der Waals surface area contributed by atoms with Crippen molar-refractivity contribution in [3.05, 3.63) is 34.7 Å².